The topological polar surface area (TPSA) is 111 Å². The molecule has 138 valence electrons. The van der Waals surface area contributed by atoms with Crippen molar-refractivity contribution in [1.29, 1.82) is 0 Å². The summed E-state index contributed by atoms with van der Waals surface area (Å²) in [5.41, 5.74) is 7.67. The second-order valence-corrected chi connectivity index (χ2v) is 6.71. The van der Waals surface area contributed by atoms with Gasteiger partial charge in [0.2, 0.25) is 0 Å². The Morgan fingerprint density at radius 3 is 2.56 bits per heavy atom. The Hall–Kier alpha value is -2.22. The van der Waals surface area contributed by atoms with E-state index in [0.717, 1.165) is 11.1 Å². The highest BCUT2D eigenvalue weighted by molar-refractivity contribution is 7.98. The van der Waals surface area contributed by atoms with Gasteiger partial charge in [0.05, 0.1) is 0 Å². The Bertz CT molecular complexity index is 636. The van der Waals surface area contributed by atoms with Crippen LogP contribution in [0.5, 0.6) is 0 Å². The van der Waals surface area contributed by atoms with E-state index in [1.54, 1.807) is 0 Å². The lowest BCUT2D eigenvalue weighted by molar-refractivity contribution is -0.155. The number of esters is 1. The van der Waals surface area contributed by atoms with Crippen LogP contribution in [0.3, 0.4) is 0 Å². The minimum atomic E-state index is -1.00. The van der Waals surface area contributed by atoms with Crippen LogP contribution in [0.15, 0.2) is 18.2 Å². The summed E-state index contributed by atoms with van der Waals surface area (Å²) in [5.74, 6) is -0.482. The fraction of sp³-hybridized carbons (Fsp3) is 0.471. The van der Waals surface area contributed by atoms with Gasteiger partial charge in [-0.25, -0.2) is 9.59 Å². The van der Waals surface area contributed by atoms with Gasteiger partial charge in [-0.3, -0.25) is 4.79 Å². The van der Waals surface area contributed by atoms with Gasteiger partial charge in [0, 0.05) is 5.69 Å². The maximum Gasteiger partial charge on any atom is 0.329 e. The Balaban J connectivity index is 2.69. The third-order valence-corrected chi connectivity index (χ3v) is 4.17. The molecule has 0 saturated heterocycles. The van der Waals surface area contributed by atoms with Crippen LogP contribution in [-0.4, -0.2) is 42.1 Å². The van der Waals surface area contributed by atoms with Crippen molar-refractivity contribution < 1.29 is 19.1 Å². The van der Waals surface area contributed by atoms with Crippen molar-refractivity contribution in [2.75, 3.05) is 17.3 Å². The normalized spacial score (nSPS) is 12.8. The predicted molar refractivity (Wildman–Crippen MR) is 99.6 cm³/mol. The molecule has 0 radical (unpaired) electrons. The average Bonchev–Trinajstić information content (AvgIpc) is 2.54. The number of thioether (sulfide) groups is 1. The van der Waals surface area contributed by atoms with Gasteiger partial charge in [0.15, 0.2) is 6.10 Å². The first-order chi connectivity index (χ1) is 11.7. The van der Waals surface area contributed by atoms with Crippen molar-refractivity contribution in [3.8, 4) is 0 Å². The van der Waals surface area contributed by atoms with E-state index in [1.807, 2.05) is 38.3 Å². The van der Waals surface area contributed by atoms with Crippen molar-refractivity contribution in [3.63, 3.8) is 0 Å². The number of carbonyl (C=O) groups excluding carboxylic acids is 3. The molecular weight excluding hydrogens is 342 g/mol. The molecule has 8 heteroatoms. The van der Waals surface area contributed by atoms with E-state index in [1.165, 1.54) is 18.7 Å². The molecule has 7 nitrogen and oxygen atoms in total. The Morgan fingerprint density at radius 2 is 1.96 bits per heavy atom. The van der Waals surface area contributed by atoms with Crippen LogP contribution in [0.2, 0.25) is 0 Å². The van der Waals surface area contributed by atoms with Gasteiger partial charge >= 0.3 is 12.0 Å². The minimum absolute atomic E-state index is 0.369. The molecule has 0 aromatic heterocycles. The molecule has 0 unspecified atom stereocenters. The highest BCUT2D eigenvalue weighted by Crippen LogP contribution is 2.17. The van der Waals surface area contributed by atoms with Gasteiger partial charge in [-0.05, 0) is 56.4 Å². The number of benzene rings is 1. The molecule has 0 bridgehead atoms. The number of urea groups is 1. The monoisotopic (exact) mass is 367 g/mol. The number of aryl methyl sites for hydroxylation is 2. The molecule has 25 heavy (non-hydrogen) atoms. The summed E-state index contributed by atoms with van der Waals surface area (Å²) in [7, 11) is 0. The summed E-state index contributed by atoms with van der Waals surface area (Å²) in [4.78, 5) is 35.5. The van der Waals surface area contributed by atoms with E-state index in [4.69, 9.17) is 10.5 Å². The zero-order valence-electron chi connectivity index (χ0n) is 14.9. The standard InChI is InChI=1S/C17H25N3O4S/c1-10-5-6-11(2)14(9-10)19-15(21)12(3)24-16(22)13(7-8-25-4)20-17(18)23/h5-6,9,12-13H,7-8H2,1-4H3,(H,19,21)(H3,18,20,23)/t12-,13-/m1/s1. The number of primary amides is 1. The molecule has 1 aromatic carbocycles. The molecule has 0 fully saturated rings. The number of rotatable bonds is 8. The molecule has 0 aliphatic carbocycles. The summed E-state index contributed by atoms with van der Waals surface area (Å²) in [6.45, 7) is 5.28. The average molecular weight is 367 g/mol. The Labute approximate surface area is 152 Å². The SMILES string of the molecule is CSCC[C@@H](NC(N)=O)C(=O)O[C@H](C)C(=O)Nc1cc(C)ccc1C. The van der Waals surface area contributed by atoms with E-state index in [9.17, 15) is 14.4 Å². The molecule has 0 aliphatic rings. The van der Waals surface area contributed by atoms with E-state index >= 15 is 0 Å². The second-order valence-electron chi connectivity index (χ2n) is 5.73. The van der Waals surface area contributed by atoms with Crippen LogP contribution in [0.4, 0.5) is 10.5 Å². The number of nitrogens with one attached hydrogen (secondary N) is 2. The van der Waals surface area contributed by atoms with E-state index in [-0.39, 0.29) is 0 Å². The maximum atomic E-state index is 12.3. The molecule has 1 rings (SSSR count). The zero-order chi connectivity index (χ0) is 19.0. The summed E-state index contributed by atoms with van der Waals surface area (Å²) >= 11 is 1.53. The molecular formula is C17H25N3O4S. The number of nitrogens with two attached hydrogens (primary N) is 1. The van der Waals surface area contributed by atoms with E-state index in [2.05, 4.69) is 10.6 Å². The lowest BCUT2D eigenvalue weighted by atomic mass is 10.1. The maximum absolute atomic E-state index is 12.3. The van der Waals surface area contributed by atoms with Crippen molar-refractivity contribution in [1.82, 2.24) is 5.32 Å². The van der Waals surface area contributed by atoms with Crippen molar-refractivity contribution in [2.24, 2.45) is 5.73 Å². The molecule has 3 amide bonds. The molecule has 4 N–H and O–H groups in total. The number of ether oxygens (including phenoxy) is 1. The van der Waals surface area contributed by atoms with Crippen molar-refractivity contribution in [3.05, 3.63) is 29.3 Å². The Kier molecular flexibility index (Phi) is 8.27. The fourth-order valence-electron chi connectivity index (χ4n) is 2.07. The highest BCUT2D eigenvalue weighted by atomic mass is 32.2. The van der Waals surface area contributed by atoms with Gasteiger partial charge in [-0.1, -0.05) is 12.1 Å². The molecule has 0 saturated carbocycles. The molecule has 0 spiro atoms. The second kappa shape index (κ2) is 9.93. The van der Waals surface area contributed by atoms with Crippen molar-refractivity contribution >= 4 is 35.4 Å². The van der Waals surface area contributed by atoms with Crippen LogP contribution < -0.4 is 16.4 Å². The van der Waals surface area contributed by atoms with Gasteiger partial charge in [-0.2, -0.15) is 11.8 Å². The lowest BCUT2D eigenvalue weighted by Crippen LogP contribution is -2.46. The van der Waals surface area contributed by atoms with E-state index < -0.39 is 30.1 Å². The number of amides is 3. The van der Waals surface area contributed by atoms with Gasteiger partial charge in [0.25, 0.3) is 5.91 Å². The Morgan fingerprint density at radius 1 is 1.28 bits per heavy atom. The van der Waals surface area contributed by atoms with Gasteiger partial charge in [0.1, 0.15) is 6.04 Å². The smallest absolute Gasteiger partial charge is 0.329 e. The largest absolute Gasteiger partial charge is 0.451 e. The van der Waals surface area contributed by atoms with Crippen LogP contribution in [0.25, 0.3) is 0 Å². The number of carbonyl (C=O) groups is 3. The summed E-state index contributed by atoms with van der Waals surface area (Å²) < 4.78 is 5.18. The minimum Gasteiger partial charge on any atom is -0.451 e. The van der Waals surface area contributed by atoms with Crippen molar-refractivity contribution in [2.45, 2.75) is 39.3 Å². The first-order valence-corrected chi connectivity index (χ1v) is 9.27. The highest BCUT2D eigenvalue weighted by Gasteiger charge is 2.25. The van der Waals surface area contributed by atoms with Crippen LogP contribution >= 0.6 is 11.8 Å². The lowest BCUT2D eigenvalue weighted by Gasteiger charge is -2.19. The zero-order valence-corrected chi connectivity index (χ0v) is 15.7. The quantitative estimate of drug-likeness (QED) is 0.608. The first-order valence-electron chi connectivity index (χ1n) is 7.88. The number of hydrogen-bond donors (Lipinski definition) is 3. The summed E-state index contributed by atoms with van der Waals surface area (Å²) in [6, 6.07) is 4.01. The summed E-state index contributed by atoms with van der Waals surface area (Å²) in [6.07, 6.45) is 1.25. The van der Waals surface area contributed by atoms with Crippen LogP contribution in [-0.2, 0) is 14.3 Å². The molecule has 0 aliphatic heterocycles. The molecule has 1 aromatic rings. The number of hydrogen-bond acceptors (Lipinski definition) is 5. The third-order valence-electron chi connectivity index (χ3n) is 3.52. The van der Waals surface area contributed by atoms with Crippen LogP contribution in [0.1, 0.15) is 24.5 Å². The first kappa shape index (κ1) is 20.8. The third kappa shape index (κ3) is 7.04. The molecule has 0 heterocycles. The van der Waals surface area contributed by atoms with Crippen LogP contribution in [0, 0.1) is 13.8 Å². The number of anilines is 1. The van der Waals surface area contributed by atoms with Gasteiger partial charge in [-0.15, -0.1) is 0 Å². The van der Waals surface area contributed by atoms with Gasteiger partial charge < -0.3 is 21.1 Å². The molecule has 2 atom stereocenters. The van der Waals surface area contributed by atoms with E-state index in [0.29, 0.717) is 17.9 Å². The predicted octanol–water partition coefficient (Wildman–Crippen LogP) is 1.96. The fourth-order valence-corrected chi connectivity index (χ4v) is 2.54. The summed E-state index contributed by atoms with van der Waals surface area (Å²) in [5, 5.41) is 5.09.